The van der Waals surface area contributed by atoms with Crippen LogP contribution in [0.5, 0.6) is 0 Å². The minimum Gasteiger partial charge on any atom is -0.462 e. The van der Waals surface area contributed by atoms with Gasteiger partial charge >= 0.3 is 5.97 Å². The minimum absolute atomic E-state index is 0.0716. The van der Waals surface area contributed by atoms with Crippen molar-refractivity contribution >= 4 is 47.5 Å². The first kappa shape index (κ1) is 21.0. The highest BCUT2D eigenvalue weighted by Crippen LogP contribution is 2.21. The molecule has 1 aromatic heterocycles. The van der Waals surface area contributed by atoms with Crippen LogP contribution in [0.2, 0.25) is 25.7 Å². The number of rotatable bonds is 7. The summed E-state index contributed by atoms with van der Waals surface area (Å²) in [5.41, 5.74) is -0.126. The molecule has 0 saturated carbocycles. The van der Waals surface area contributed by atoms with E-state index in [1.807, 2.05) is 22.6 Å². The Bertz CT molecular complexity index is 876. The van der Waals surface area contributed by atoms with E-state index in [4.69, 9.17) is 9.47 Å². The Kier molecular flexibility index (Phi) is 6.97. The van der Waals surface area contributed by atoms with Gasteiger partial charge in [0.2, 0.25) is 5.43 Å². The van der Waals surface area contributed by atoms with E-state index in [1.165, 1.54) is 18.3 Å². The summed E-state index contributed by atoms with van der Waals surface area (Å²) in [4.78, 5) is 24.9. The van der Waals surface area contributed by atoms with E-state index in [-0.39, 0.29) is 18.9 Å². The van der Waals surface area contributed by atoms with Gasteiger partial charge in [-0.15, -0.1) is 0 Å². The van der Waals surface area contributed by atoms with Crippen LogP contribution >= 0.6 is 22.6 Å². The van der Waals surface area contributed by atoms with Crippen LogP contribution in [-0.2, 0) is 16.2 Å². The number of ether oxygens (including phenoxy) is 2. The maximum Gasteiger partial charge on any atom is 0.343 e. The van der Waals surface area contributed by atoms with E-state index < -0.39 is 25.3 Å². The van der Waals surface area contributed by atoms with Crippen molar-refractivity contribution in [1.29, 1.82) is 0 Å². The lowest BCUT2D eigenvalue weighted by molar-refractivity contribution is 0.0521. The smallest absolute Gasteiger partial charge is 0.343 e. The lowest BCUT2D eigenvalue weighted by Gasteiger charge is -2.17. The van der Waals surface area contributed by atoms with Crippen LogP contribution in [0.3, 0.4) is 0 Å². The average molecular weight is 491 g/mol. The maximum absolute atomic E-state index is 13.9. The zero-order valence-corrected chi connectivity index (χ0v) is 18.6. The standard InChI is InChI=1S/C18H23FINO4Si/c1-5-25-18(23)13-10-21(11-24-6-7-26(2,3)4)15-9-12(19)8-14(20)16(15)17(13)22/h8-10H,5-7,11H2,1-4H3. The number of aromatic nitrogens is 1. The number of fused-ring (bicyclic) bond motifs is 1. The van der Waals surface area contributed by atoms with Gasteiger partial charge in [-0.2, -0.15) is 0 Å². The zero-order valence-electron chi connectivity index (χ0n) is 15.4. The highest BCUT2D eigenvalue weighted by molar-refractivity contribution is 14.1. The van der Waals surface area contributed by atoms with Crippen LogP contribution in [0, 0.1) is 9.39 Å². The quantitative estimate of drug-likeness (QED) is 0.252. The molecule has 0 aliphatic heterocycles. The molecule has 8 heteroatoms. The molecular weight excluding hydrogens is 468 g/mol. The van der Waals surface area contributed by atoms with E-state index >= 15 is 0 Å². The van der Waals surface area contributed by atoms with Crippen LogP contribution in [-0.4, -0.2) is 31.8 Å². The van der Waals surface area contributed by atoms with E-state index in [1.54, 1.807) is 11.5 Å². The van der Waals surface area contributed by atoms with Crippen molar-refractivity contribution in [2.24, 2.45) is 0 Å². The van der Waals surface area contributed by atoms with Crippen LogP contribution in [0.25, 0.3) is 10.9 Å². The van der Waals surface area contributed by atoms with E-state index in [9.17, 15) is 14.0 Å². The average Bonchev–Trinajstić information content (AvgIpc) is 2.51. The number of esters is 1. The molecular formula is C18H23FINO4Si. The molecule has 1 aromatic carbocycles. The van der Waals surface area contributed by atoms with Gasteiger partial charge in [0.15, 0.2) is 0 Å². The van der Waals surface area contributed by atoms with Crippen molar-refractivity contribution in [3.05, 3.63) is 43.5 Å². The number of pyridine rings is 1. The fourth-order valence-corrected chi connectivity index (χ4v) is 4.01. The third-order valence-electron chi connectivity index (χ3n) is 3.82. The Balaban J connectivity index is 2.47. The van der Waals surface area contributed by atoms with Gasteiger partial charge in [-0.25, -0.2) is 9.18 Å². The minimum atomic E-state index is -1.23. The first-order valence-electron chi connectivity index (χ1n) is 8.41. The number of carbonyl (C=O) groups excluding carboxylic acids is 1. The van der Waals surface area contributed by atoms with Gasteiger partial charge in [0.1, 0.15) is 18.1 Å². The number of halogens is 2. The van der Waals surface area contributed by atoms with Crippen molar-refractivity contribution in [2.75, 3.05) is 13.2 Å². The third-order valence-corrected chi connectivity index (χ3v) is 6.38. The van der Waals surface area contributed by atoms with Gasteiger partial charge in [0, 0.05) is 24.4 Å². The summed E-state index contributed by atoms with van der Waals surface area (Å²) in [5.74, 6) is -1.13. The maximum atomic E-state index is 13.9. The Morgan fingerprint density at radius 3 is 2.62 bits per heavy atom. The molecule has 0 unspecified atom stereocenters. The van der Waals surface area contributed by atoms with Gasteiger partial charge in [0.25, 0.3) is 0 Å². The van der Waals surface area contributed by atoms with E-state index in [0.717, 1.165) is 6.04 Å². The summed E-state index contributed by atoms with van der Waals surface area (Å²) in [6.45, 7) is 9.31. The molecule has 0 bridgehead atoms. The molecule has 0 atom stereocenters. The van der Waals surface area contributed by atoms with Crippen LogP contribution in [0.4, 0.5) is 4.39 Å². The highest BCUT2D eigenvalue weighted by atomic mass is 127. The van der Waals surface area contributed by atoms with Gasteiger partial charge in [0.05, 0.1) is 17.5 Å². The number of nitrogens with zero attached hydrogens (tertiary/aromatic N) is 1. The molecule has 0 N–H and O–H groups in total. The number of carbonyl (C=O) groups is 1. The summed E-state index contributed by atoms with van der Waals surface area (Å²) in [7, 11) is -1.23. The zero-order chi connectivity index (χ0) is 19.5. The fourth-order valence-electron chi connectivity index (χ4n) is 2.43. The second-order valence-corrected chi connectivity index (χ2v) is 14.0. The molecule has 5 nitrogen and oxygen atoms in total. The summed E-state index contributed by atoms with van der Waals surface area (Å²) in [6.07, 6.45) is 1.40. The molecule has 0 aliphatic rings. The predicted molar refractivity (Wildman–Crippen MR) is 111 cm³/mol. The van der Waals surface area contributed by atoms with Crippen molar-refractivity contribution in [3.63, 3.8) is 0 Å². The Hall–Kier alpha value is -1.26. The summed E-state index contributed by atoms with van der Waals surface area (Å²) >= 11 is 1.90. The summed E-state index contributed by atoms with van der Waals surface area (Å²) in [6, 6.07) is 3.55. The second-order valence-electron chi connectivity index (χ2n) is 7.19. The van der Waals surface area contributed by atoms with Crippen LogP contribution < -0.4 is 5.43 Å². The van der Waals surface area contributed by atoms with Crippen molar-refractivity contribution < 1.29 is 18.7 Å². The summed E-state index contributed by atoms with van der Waals surface area (Å²) in [5, 5.41) is 0.298. The van der Waals surface area contributed by atoms with Crippen molar-refractivity contribution in [3.8, 4) is 0 Å². The van der Waals surface area contributed by atoms with Crippen LogP contribution in [0.1, 0.15) is 17.3 Å². The molecule has 0 amide bonds. The topological polar surface area (TPSA) is 57.5 Å². The molecule has 2 rings (SSSR count). The first-order chi connectivity index (χ1) is 12.1. The second kappa shape index (κ2) is 8.62. The van der Waals surface area contributed by atoms with E-state index in [0.29, 0.717) is 21.1 Å². The van der Waals surface area contributed by atoms with Gasteiger partial charge < -0.3 is 14.0 Å². The Morgan fingerprint density at radius 1 is 1.31 bits per heavy atom. The number of hydrogen-bond acceptors (Lipinski definition) is 4. The van der Waals surface area contributed by atoms with Crippen LogP contribution in [0.15, 0.2) is 23.1 Å². The number of benzene rings is 1. The molecule has 0 saturated heterocycles. The molecule has 0 fully saturated rings. The Labute approximate surface area is 166 Å². The van der Waals surface area contributed by atoms with Gasteiger partial charge in [-0.3, -0.25) is 4.79 Å². The third kappa shape index (κ3) is 5.14. The molecule has 26 heavy (non-hydrogen) atoms. The molecule has 142 valence electrons. The van der Waals surface area contributed by atoms with Gasteiger partial charge in [-0.05, 0) is 47.7 Å². The van der Waals surface area contributed by atoms with E-state index in [2.05, 4.69) is 19.6 Å². The predicted octanol–water partition coefficient (Wildman–Crippen LogP) is 4.23. The summed E-state index contributed by atoms with van der Waals surface area (Å²) < 4.78 is 26.7. The first-order valence-corrected chi connectivity index (χ1v) is 13.2. The normalized spacial score (nSPS) is 11.8. The molecule has 0 aliphatic carbocycles. The lowest BCUT2D eigenvalue weighted by Crippen LogP contribution is -2.24. The Morgan fingerprint density at radius 2 is 2.00 bits per heavy atom. The molecule has 0 radical (unpaired) electrons. The van der Waals surface area contributed by atoms with Crippen molar-refractivity contribution in [1.82, 2.24) is 4.57 Å². The number of hydrogen-bond donors (Lipinski definition) is 0. The fraction of sp³-hybridized carbons (Fsp3) is 0.444. The van der Waals surface area contributed by atoms with Crippen molar-refractivity contribution in [2.45, 2.75) is 39.3 Å². The monoisotopic (exact) mass is 491 g/mol. The highest BCUT2D eigenvalue weighted by Gasteiger charge is 2.19. The van der Waals surface area contributed by atoms with Gasteiger partial charge in [-0.1, -0.05) is 19.6 Å². The molecule has 1 heterocycles. The largest absolute Gasteiger partial charge is 0.462 e. The lowest BCUT2D eigenvalue weighted by atomic mass is 10.1. The molecule has 2 aromatic rings. The molecule has 0 spiro atoms. The SMILES string of the molecule is CCOC(=O)c1cn(COCC[Si](C)(C)C)c2cc(F)cc(I)c2c1=O.